The number of nitrogens with one attached hydrogen (secondary N) is 1. The van der Waals surface area contributed by atoms with Crippen molar-refractivity contribution in [2.24, 2.45) is 5.92 Å². The second-order valence-corrected chi connectivity index (χ2v) is 5.48. The van der Waals surface area contributed by atoms with E-state index >= 15 is 0 Å². The fourth-order valence-corrected chi connectivity index (χ4v) is 2.77. The van der Waals surface area contributed by atoms with Crippen molar-refractivity contribution in [2.45, 2.75) is 6.92 Å². The summed E-state index contributed by atoms with van der Waals surface area (Å²) in [5, 5.41) is 11.8. The van der Waals surface area contributed by atoms with Gasteiger partial charge in [0.15, 0.2) is 17.3 Å². The van der Waals surface area contributed by atoms with Crippen molar-refractivity contribution in [3.63, 3.8) is 0 Å². The van der Waals surface area contributed by atoms with Crippen LogP contribution in [0, 0.1) is 5.92 Å². The Bertz CT molecular complexity index is 883. The van der Waals surface area contributed by atoms with Gasteiger partial charge in [-0.1, -0.05) is 12.1 Å². The summed E-state index contributed by atoms with van der Waals surface area (Å²) in [6, 6.07) is 9.86. The van der Waals surface area contributed by atoms with E-state index in [1.807, 2.05) is 0 Å². The molecule has 0 saturated carbocycles. The summed E-state index contributed by atoms with van der Waals surface area (Å²) in [7, 11) is 0. The number of aromatic hydroxyl groups is 1. The average Bonchev–Trinajstić information content (AvgIpc) is 2.79. The zero-order chi connectivity index (χ0) is 17.4. The molecule has 0 aliphatic heterocycles. The summed E-state index contributed by atoms with van der Waals surface area (Å²) in [5.74, 6) is -3.70. The molecule has 0 spiro atoms. The minimum absolute atomic E-state index is 0.0214. The fourth-order valence-electron chi connectivity index (χ4n) is 2.77. The Hall–Kier alpha value is -3.28. The van der Waals surface area contributed by atoms with Gasteiger partial charge in [0.25, 0.3) is 0 Å². The van der Waals surface area contributed by atoms with Gasteiger partial charge in [-0.3, -0.25) is 19.2 Å². The number of phenols is 1. The topological polar surface area (TPSA) is 101 Å². The van der Waals surface area contributed by atoms with Crippen molar-refractivity contribution in [1.82, 2.24) is 0 Å². The van der Waals surface area contributed by atoms with Crippen LogP contribution in [0.2, 0.25) is 0 Å². The third-order valence-corrected chi connectivity index (χ3v) is 3.83. The molecule has 1 aliphatic rings. The fraction of sp³-hybridized carbons (Fsp3) is 0.111. The van der Waals surface area contributed by atoms with E-state index in [9.17, 15) is 24.3 Å². The normalized spacial score (nSPS) is 16.0. The van der Waals surface area contributed by atoms with Crippen LogP contribution in [0.1, 0.15) is 38.0 Å². The maximum Gasteiger partial charge on any atom is 0.221 e. The second kappa shape index (κ2) is 5.73. The molecule has 2 N–H and O–H groups in total. The van der Waals surface area contributed by atoms with Gasteiger partial charge in [-0.25, -0.2) is 0 Å². The number of hydrogen-bond donors (Lipinski definition) is 2. The van der Waals surface area contributed by atoms with Gasteiger partial charge < -0.3 is 10.4 Å². The van der Waals surface area contributed by atoms with Gasteiger partial charge in [0.05, 0.1) is 11.3 Å². The van der Waals surface area contributed by atoms with E-state index in [0.717, 1.165) is 0 Å². The molecule has 0 radical (unpaired) electrons. The van der Waals surface area contributed by atoms with Gasteiger partial charge in [0, 0.05) is 18.1 Å². The summed E-state index contributed by atoms with van der Waals surface area (Å²) in [6.45, 7) is 1.29. The molecule has 24 heavy (non-hydrogen) atoms. The molecule has 2 aromatic carbocycles. The maximum absolute atomic E-state index is 12.6. The lowest BCUT2D eigenvalue weighted by atomic mass is 9.93. The number of anilines is 1. The lowest BCUT2D eigenvalue weighted by Gasteiger charge is -2.07. The van der Waals surface area contributed by atoms with Crippen LogP contribution in [-0.2, 0) is 4.79 Å². The van der Waals surface area contributed by atoms with Gasteiger partial charge in [0.2, 0.25) is 5.91 Å². The summed E-state index contributed by atoms with van der Waals surface area (Å²) >= 11 is 0. The van der Waals surface area contributed by atoms with Crippen molar-refractivity contribution < 1.29 is 24.3 Å². The Morgan fingerprint density at radius 3 is 2.29 bits per heavy atom. The first-order valence-electron chi connectivity index (χ1n) is 7.22. The monoisotopic (exact) mass is 323 g/mol. The van der Waals surface area contributed by atoms with Gasteiger partial charge in [-0.2, -0.15) is 0 Å². The Morgan fingerprint density at radius 2 is 1.67 bits per heavy atom. The van der Waals surface area contributed by atoms with Crippen LogP contribution < -0.4 is 5.32 Å². The highest BCUT2D eigenvalue weighted by Crippen LogP contribution is 2.34. The van der Waals surface area contributed by atoms with Crippen molar-refractivity contribution in [3.05, 3.63) is 59.2 Å². The number of carbonyl (C=O) groups excluding carboxylic acids is 4. The third kappa shape index (κ3) is 2.48. The smallest absolute Gasteiger partial charge is 0.221 e. The highest BCUT2D eigenvalue weighted by molar-refractivity contribution is 6.39. The third-order valence-electron chi connectivity index (χ3n) is 3.83. The van der Waals surface area contributed by atoms with E-state index in [1.165, 1.54) is 43.3 Å². The van der Waals surface area contributed by atoms with Crippen molar-refractivity contribution in [2.75, 3.05) is 5.32 Å². The highest BCUT2D eigenvalue weighted by atomic mass is 16.3. The minimum Gasteiger partial charge on any atom is -0.508 e. The van der Waals surface area contributed by atoms with Crippen LogP contribution in [0.4, 0.5) is 5.69 Å². The predicted octanol–water partition coefficient (Wildman–Crippen LogP) is 2.23. The largest absolute Gasteiger partial charge is 0.508 e. The van der Waals surface area contributed by atoms with Crippen molar-refractivity contribution in [3.8, 4) is 5.75 Å². The molecule has 6 heteroatoms. The molecule has 0 bridgehead atoms. The standard InChI is InChI=1S/C18H13NO5/c1-9(20)19-13-4-2-3-12-14(13)18(24)15(17(12)23)16(22)10-5-7-11(21)8-6-10/h2-8,15,21H,1H3,(H,19,20). The van der Waals surface area contributed by atoms with E-state index in [0.29, 0.717) is 0 Å². The molecule has 1 amide bonds. The van der Waals surface area contributed by atoms with E-state index in [-0.39, 0.29) is 34.0 Å². The van der Waals surface area contributed by atoms with Gasteiger partial charge in [-0.15, -0.1) is 0 Å². The molecule has 1 unspecified atom stereocenters. The SMILES string of the molecule is CC(=O)Nc1cccc2c1C(=O)C(C(=O)c1ccc(O)cc1)C2=O. The molecule has 120 valence electrons. The second-order valence-electron chi connectivity index (χ2n) is 5.48. The van der Waals surface area contributed by atoms with E-state index in [2.05, 4.69) is 5.32 Å². The highest BCUT2D eigenvalue weighted by Gasteiger charge is 2.44. The summed E-state index contributed by atoms with van der Waals surface area (Å²) < 4.78 is 0. The molecule has 0 aromatic heterocycles. The molecular weight excluding hydrogens is 310 g/mol. The predicted molar refractivity (Wildman–Crippen MR) is 85.3 cm³/mol. The molecule has 1 aliphatic carbocycles. The number of rotatable bonds is 3. The van der Waals surface area contributed by atoms with Crippen LogP contribution in [0.25, 0.3) is 0 Å². The van der Waals surface area contributed by atoms with E-state index < -0.39 is 23.3 Å². The Labute approximate surface area is 137 Å². The Balaban J connectivity index is 2.02. The Morgan fingerprint density at radius 1 is 1.00 bits per heavy atom. The summed E-state index contributed by atoms with van der Waals surface area (Å²) in [4.78, 5) is 49.0. The number of carbonyl (C=O) groups is 4. The van der Waals surface area contributed by atoms with Crippen LogP contribution in [0.5, 0.6) is 5.75 Å². The van der Waals surface area contributed by atoms with Crippen LogP contribution >= 0.6 is 0 Å². The maximum atomic E-state index is 12.6. The lowest BCUT2D eigenvalue weighted by Crippen LogP contribution is -2.25. The first kappa shape index (κ1) is 15.6. The van der Waals surface area contributed by atoms with Crippen molar-refractivity contribution in [1.29, 1.82) is 0 Å². The van der Waals surface area contributed by atoms with Gasteiger partial charge in [0.1, 0.15) is 11.7 Å². The number of ketones is 3. The molecule has 0 heterocycles. The molecule has 0 fully saturated rings. The average molecular weight is 323 g/mol. The van der Waals surface area contributed by atoms with Gasteiger partial charge >= 0.3 is 0 Å². The van der Waals surface area contributed by atoms with Crippen molar-refractivity contribution >= 4 is 28.9 Å². The van der Waals surface area contributed by atoms with E-state index in [4.69, 9.17) is 0 Å². The number of benzene rings is 2. The molecule has 1 atom stereocenters. The molecule has 3 rings (SSSR count). The molecular formula is C18H13NO5. The first-order chi connectivity index (χ1) is 11.4. The number of fused-ring (bicyclic) bond motifs is 1. The number of hydrogen-bond acceptors (Lipinski definition) is 5. The van der Waals surface area contributed by atoms with Crippen LogP contribution in [0.3, 0.4) is 0 Å². The molecule has 6 nitrogen and oxygen atoms in total. The zero-order valence-corrected chi connectivity index (χ0v) is 12.7. The molecule has 0 saturated heterocycles. The first-order valence-corrected chi connectivity index (χ1v) is 7.22. The summed E-state index contributed by atoms with van der Waals surface area (Å²) in [5.41, 5.74) is 0.575. The quantitative estimate of drug-likeness (QED) is 0.666. The minimum atomic E-state index is -1.46. The Kier molecular flexibility index (Phi) is 3.73. The number of phenolic OH excluding ortho intramolecular Hbond substituents is 1. The van der Waals surface area contributed by atoms with Crippen LogP contribution in [0.15, 0.2) is 42.5 Å². The number of Topliss-reactive ketones (excluding diaryl/α,β-unsaturated/α-hetero) is 3. The van der Waals surface area contributed by atoms with Crippen LogP contribution in [-0.4, -0.2) is 28.4 Å². The van der Waals surface area contributed by atoms with E-state index in [1.54, 1.807) is 6.07 Å². The number of amides is 1. The zero-order valence-electron chi connectivity index (χ0n) is 12.7. The molecule has 2 aromatic rings. The summed E-state index contributed by atoms with van der Waals surface area (Å²) in [6.07, 6.45) is 0. The lowest BCUT2D eigenvalue weighted by molar-refractivity contribution is -0.114. The van der Waals surface area contributed by atoms with Gasteiger partial charge in [-0.05, 0) is 30.3 Å².